The number of pyridine rings is 1. The van der Waals surface area contributed by atoms with E-state index < -0.39 is 30.5 Å². The second kappa shape index (κ2) is 6.22. The first-order valence-electron chi connectivity index (χ1n) is 5.34. The summed E-state index contributed by atoms with van der Waals surface area (Å²) >= 11 is 0. The van der Waals surface area contributed by atoms with Crippen molar-refractivity contribution in [2.24, 2.45) is 0 Å². The number of carbonyl (C=O) groups is 2. The number of nitrogens with one attached hydrogen (secondary N) is 1. The van der Waals surface area contributed by atoms with E-state index in [2.05, 4.69) is 4.98 Å². The summed E-state index contributed by atoms with van der Waals surface area (Å²) in [6.07, 6.45) is -4.84. The molecule has 0 aliphatic heterocycles. The largest absolute Gasteiger partial charge is 0.481 e. The molecule has 1 amide bonds. The molecule has 0 spiro atoms. The number of halogens is 3. The number of hydrogen-bond acceptors (Lipinski definition) is 4. The number of ether oxygens (including phenoxy) is 1. The first-order valence-corrected chi connectivity index (χ1v) is 5.34. The molecular weight excluding hydrogens is 281 g/mol. The lowest BCUT2D eigenvalue weighted by molar-refractivity contribution is -0.165. The minimum absolute atomic E-state index is 0.152. The van der Waals surface area contributed by atoms with Crippen LogP contribution in [0.1, 0.15) is 16.8 Å². The second-order valence-electron chi connectivity index (χ2n) is 3.73. The summed E-state index contributed by atoms with van der Waals surface area (Å²) in [7, 11) is 1.21. The average molecular weight is 292 g/mol. The van der Waals surface area contributed by atoms with E-state index in [9.17, 15) is 22.8 Å². The van der Waals surface area contributed by atoms with Crippen molar-refractivity contribution in [3.63, 3.8) is 0 Å². The van der Waals surface area contributed by atoms with E-state index in [0.717, 1.165) is 0 Å². The van der Waals surface area contributed by atoms with Crippen molar-refractivity contribution in [2.75, 3.05) is 7.11 Å². The summed E-state index contributed by atoms with van der Waals surface area (Å²) < 4.78 is 42.6. The van der Waals surface area contributed by atoms with E-state index in [1.165, 1.54) is 25.4 Å². The summed E-state index contributed by atoms with van der Waals surface area (Å²) in [5.74, 6) is -2.94. The van der Waals surface area contributed by atoms with Crippen LogP contribution in [0.5, 0.6) is 5.88 Å². The predicted octanol–water partition coefficient (Wildman–Crippen LogP) is 1.23. The molecule has 9 heteroatoms. The van der Waals surface area contributed by atoms with E-state index in [4.69, 9.17) is 9.84 Å². The van der Waals surface area contributed by atoms with Gasteiger partial charge in [0.2, 0.25) is 5.88 Å². The van der Waals surface area contributed by atoms with Crippen molar-refractivity contribution in [2.45, 2.75) is 18.6 Å². The van der Waals surface area contributed by atoms with E-state index in [1.807, 2.05) is 0 Å². The van der Waals surface area contributed by atoms with Crippen LogP contribution < -0.4 is 10.1 Å². The quantitative estimate of drug-likeness (QED) is 0.852. The van der Waals surface area contributed by atoms with E-state index in [1.54, 1.807) is 5.32 Å². The van der Waals surface area contributed by atoms with Crippen LogP contribution in [0.3, 0.4) is 0 Å². The molecule has 1 aromatic heterocycles. The summed E-state index contributed by atoms with van der Waals surface area (Å²) in [6.45, 7) is 0. The number of methoxy groups -OCH3 is 1. The number of aromatic nitrogens is 1. The molecule has 2 N–H and O–H groups in total. The average Bonchev–Trinajstić information content (AvgIpc) is 2.36. The number of carboxylic acids is 1. The van der Waals surface area contributed by atoms with Crippen LogP contribution in [-0.4, -0.2) is 41.3 Å². The summed E-state index contributed by atoms with van der Waals surface area (Å²) in [4.78, 5) is 25.8. The van der Waals surface area contributed by atoms with Gasteiger partial charge in [0.1, 0.15) is 11.6 Å². The molecule has 6 nitrogen and oxygen atoms in total. The summed E-state index contributed by atoms with van der Waals surface area (Å²) in [5.41, 5.74) is -0.213. The number of aliphatic carboxylic acids is 1. The fourth-order valence-electron chi connectivity index (χ4n) is 1.39. The van der Waals surface area contributed by atoms with Crippen LogP contribution in [0, 0.1) is 0 Å². The normalized spacial score (nSPS) is 12.6. The minimum Gasteiger partial charge on any atom is -0.481 e. The Hall–Kier alpha value is -2.32. The monoisotopic (exact) mass is 292 g/mol. The van der Waals surface area contributed by atoms with Crippen molar-refractivity contribution in [3.8, 4) is 5.88 Å². The minimum atomic E-state index is -4.87. The van der Waals surface area contributed by atoms with Crippen LogP contribution in [0.4, 0.5) is 13.2 Å². The molecule has 0 saturated carbocycles. The van der Waals surface area contributed by atoms with Gasteiger partial charge in [0.25, 0.3) is 5.91 Å². The van der Waals surface area contributed by atoms with Crippen LogP contribution in [-0.2, 0) is 4.79 Å². The molecule has 0 aliphatic rings. The number of carboxylic acid groups (broad SMARTS) is 1. The topological polar surface area (TPSA) is 88.5 Å². The van der Waals surface area contributed by atoms with Gasteiger partial charge in [-0.3, -0.25) is 9.59 Å². The SMILES string of the molecule is COc1ncccc1C(=O)NC(CC(=O)O)C(F)(F)F. The van der Waals surface area contributed by atoms with Gasteiger partial charge in [0.15, 0.2) is 0 Å². The molecule has 0 aromatic carbocycles. The first kappa shape index (κ1) is 15.7. The molecule has 1 rings (SSSR count). The van der Waals surface area contributed by atoms with Gasteiger partial charge in [-0.05, 0) is 12.1 Å². The Morgan fingerprint density at radius 3 is 2.65 bits per heavy atom. The lowest BCUT2D eigenvalue weighted by Crippen LogP contribution is -2.46. The zero-order valence-electron chi connectivity index (χ0n) is 10.3. The lowest BCUT2D eigenvalue weighted by atomic mass is 10.1. The van der Waals surface area contributed by atoms with E-state index in [0.29, 0.717) is 0 Å². The molecule has 1 aromatic rings. The van der Waals surface area contributed by atoms with Crippen molar-refractivity contribution in [3.05, 3.63) is 23.9 Å². The standard InChI is InChI=1S/C11H11F3N2O4/c1-20-10-6(3-2-4-15-10)9(19)16-7(5-8(17)18)11(12,13)14/h2-4,7H,5H2,1H3,(H,16,19)(H,17,18). The number of alkyl halides is 3. The fourth-order valence-corrected chi connectivity index (χ4v) is 1.39. The summed E-state index contributed by atoms with van der Waals surface area (Å²) in [6, 6.07) is 0.0736. The van der Waals surface area contributed by atoms with Crippen molar-refractivity contribution < 1.29 is 32.6 Å². The van der Waals surface area contributed by atoms with Crippen LogP contribution in [0.25, 0.3) is 0 Å². The van der Waals surface area contributed by atoms with Gasteiger partial charge < -0.3 is 15.2 Å². The van der Waals surface area contributed by atoms with Crippen LogP contribution in [0.15, 0.2) is 18.3 Å². The first-order chi connectivity index (χ1) is 9.25. The second-order valence-corrected chi connectivity index (χ2v) is 3.73. The Morgan fingerprint density at radius 2 is 2.15 bits per heavy atom. The number of amides is 1. The molecule has 0 fully saturated rings. The van der Waals surface area contributed by atoms with E-state index >= 15 is 0 Å². The number of hydrogen-bond donors (Lipinski definition) is 2. The van der Waals surface area contributed by atoms with Gasteiger partial charge >= 0.3 is 12.1 Å². The Morgan fingerprint density at radius 1 is 1.50 bits per heavy atom. The maximum absolute atomic E-state index is 12.6. The maximum Gasteiger partial charge on any atom is 0.409 e. The fraction of sp³-hybridized carbons (Fsp3) is 0.364. The zero-order chi connectivity index (χ0) is 15.3. The Bertz CT molecular complexity index is 505. The third kappa shape index (κ3) is 4.11. The van der Waals surface area contributed by atoms with Crippen LogP contribution in [0.2, 0.25) is 0 Å². The molecule has 1 unspecified atom stereocenters. The highest BCUT2D eigenvalue weighted by Gasteiger charge is 2.42. The third-order valence-corrected chi connectivity index (χ3v) is 2.29. The predicted molar refractivity (Wildman–Crippen MR) is 60.4 cm³/mol. The highest BCUT2D eigenvalue weighted by molar-refractivity contribution is 5.96. The van der Waals surface area contributed by atoms with Gasteiger partial charge in [-0.25, -0.2) is 4.98 Å². The molecular formula is C11H11F3N2O4. The van der Waals surface area contributed by atoms with Gasteiger partial charge in [0.05, 0.1) is 13.5 Å². The number of nitrogens with zero attached hydrogens (tertiary/aromatic N) is 1. The molecule has 110 valence electrons. The van der Waals surface area contributed by atoms with Gasteiger partial charge in [-0.2, -0.15) is 13.2 Å². The van der Waals surface area contributed by atoms with Crippen LogP contribution >= 0.6 is 0 Å². The highest BCUT2D eigenvalue weighted by Crippen LogP contribution is 2.23. The number of rotatable bonds is 5. The molecule has 0 saturated heterocycles. The maximum atomic E-state index is 12.6. The van der Waals surface area contributed by atoms with Crippen molar-refractivity contribution >= 4 is 11.9 Å². The van der Waals surface area contributed by atoms with Gasteiger partial charge in [-0.15, -0.1) is 0 Å². The molecule has 1 heterocycles. The highest BCUT2D eigenvalue weighted by atomic mass is 19.4. The Balaban J connectivity index is 2.93. The lowest BCUT2D eigenvalue weighted by Gasteiger charge is -2.20. The van der Waals surface area contributed by atoms with Gasteiger partial charge in [0, 0.05) is 6.20 Å². The third-order valence-electron chi connectivity index (χ3n) is 2.29. The number of carbonyl (C=O) groups excluding carboxylic acids is 1. The molecule has 0 radical (unpaired) electrons. The molecule has 1 atom stereocenters. The Labute approximate surface area is 111 Å². The van der Waals surface area contributed by atoms with Crippen molar-refractivity contribution in [1.82, 2.24) is 10.3 Å². The smallest absolute Gasteiger partial charge is 0.409 e. The Kier molecular flexibility index (Phi) is 4.89. The molecule has 0 aliphatic carbocycles. The van der Waals surface area contributed by atoms with Gasteiger partial charge in [-0.1, -0.05) is 0 Å². The zero-order valence-corrected chi connectivity index (χ0v) is 10.3. The molecule has 20 heavy (non-hydrogen) atoms. The summed E-state index contributed by atoms with van der Waals surface area (Å²) in [5, 5.41) is 10.1. The molecule has 0 bridgehead atoms. The van der Waals surface area contributed by atoms with E-state index in [-0.39, 0.29) is 11.4 Å². The van der Waals surface area contributed by atoms with Crippen molar-refractivity contribution in [1.29, 1.82) is 0 Å².